The van der Waals surface area contributed by atoms with Crippen LogP contribution in [0.1, 0.15) is 46.0 Å². The van der Waals surface area contributed by atoms with Gasteiger partial charge in [-0.05, 0) is 61.5 Å². The highest BCUT2D eigenvalue weighted by Crippen LogP contribution is 2.65. The van der Waals surface area contributed by atoms with Gasteiger partial charge in [-0.1, -0.05) is 25.5 Å². The number of carbonyl (C=O) groups excluding carboxylic acids is 2. The van der Waals surface area contributed by atoms with E-state index in [0.717, 1.165) is 31.3 Å². The third kappa shape index (κ3) is 2.26. The maximum Gasteiger partial charge on any atom is 0.178 e. The number of ketones is 2. The van der Waals surface area contributed by atoms with Crippen molar-refractivity contribution >= 4 is 11.6 Å². The first-order chi connectivity index (χ1) is 11.8. The monoisotopic (exact) mass is 344 g/mol. The predicted molar refractivity (Wildman–Crippen MR) is 93.6 cm³/mol. The highest BCUT2D eigenvalue weighted by Gasteiger charge is 2.62. The molecule has 4 aliphatic carbocycles. The molecule has 0 saturated heterocycles. The van der Waals surface area contributed by atoms with Crippen molar-refractivity contribution in [2.45, 2.75) is 52.1 Å². The average molecular weight is 344 g/mol. The quantitative estimate of drug-likeness (QED) is 0.807. The van der Waals surface area contributed by atoms with Crippen molar-refractivity contribution in [2.75, 3.05) is 6.61 Å². The van der Waals surface area contributed by atoms with Crippen LogP contribution in [0.4, 0.5) is 0 Å². The molecule has 0 aromatic carbocycles. The lowest BCUT2D eigenvalue weighted by molar-refractivity contribution is -0.141. The number of carbonyl (C=O) groups is 2. The zero-order valence-corrected chi connectivity index (χ0v) is 15.1. The van der Waals surface area contributed by atoms with Crippen LogP contribution >= 0.6 is 0 Å². The number of Topliss-reactive ketones (excluding diaryl/α,β-unsaturated/α-hetero) is 1. The molecule has 0 heterocycles. The highest BCUT2D eigenvalue weighted by atomic mass is 16.3. The topological polar surface area (TPSA) is 74.6 Å². The highest BCUT2D eigenvalue weighted by molar-refractivity contribution is 6.01. The van der Waals surface area contributed by atoms with Crippen LogP contribution in [-0.2, 0) is 9.59 Å². The standard InChI is InChI=1S/C21H28O4/c1-20-8-7-13(23)9-12(20)3-4-14-15-5-6-16(18(25)11-22)21(15,2)10-17(24)19(14)20/h7-9,14-17,19,22,24H,3-6,10-11H2,1-2H3/t14-,15+,16-,17+,19-,20-,21+/m1/s1. The van der Waals surface area contributed by atoms with Gasteiger partial charge < -0.3 is 10.2 Å². The summed E-state index contributed by atoms with van der Waals surface area (Å²) in [5.41, 5.74) is 0.688. The van der Waals surface area contributed by atoms with Crippen LogP contribution < -0.4 is 0 Å². The van der Waals surface area contributed by atoms with Crippen molar-refractivity contribution in [3.8, 4) is 0 Å². The fourth-order valence-electron chi connectivity index (χ4n) is 6.96. The maximum atomic E-state index is 12.3. The van der Waals surface area contributed by atoms with E-state index in [-0.39, 0.29) is 34.2 Å². The van der Waals surface area contributed by atoms with E-state index >= 15 is 0 Å². The third-order valence-electron chi connectivity index (χ3n) is 8.04. The lowest BCUT2D eigenvalue weighted by atomic mass is 9.46. The number of rotatable bonds is 2. The zero-order valence-electron chi connectivity index (χ0n) is 15.1. The van der Waals surface area contributed by atoms with Crippen LogP contribution in [0.25, 0.3) is 0 Å². The van der Waals surface area contributed by atoms with Crippen molar-refractivity contribution in [2.24, 2.45) is 34.5 Å². The Hall–Kier alpha value is -1.26. The van der Waals surface area contributed by atoms with Crippen molar-refractivity contribution < 1.29 is 19.8 Å². The van der Waals surface area contributed by atoms with Gasteiger partial charge in [-0.25, -0.2) is 0 Å². The first kappa shape index (κ1) is 17.2. The van der Waals surface area contributed by atoms with Gasteiger partial charge in [0.1, 0.15) is 6.61 Å². The molecule has 4 nitrogen and oxygen atoms in total. The molecule has 0 radical (unpaired) electrons. The largest absolute Gasteiger partial charge is 0.393 e. The summed E-state index contributed by atoms with van der Waals surface area (Å²) in [6, 6.07) is 0. The summed E-state index contributed by atoms with van der Waals surface area (Å²) in [4.78, 5) is 24.1. The molecular formula is C21H28O4. The van der Waals surface area contributed by atoms with Crippen LogP contribution in [0, 0.1) is 34.5 Å². The number of hydrogen-bond acceptors (Lipinski definition) is 4. The number of allylic oxidation sites excluding steroid dienone is 4. The summed E-state index contributed by atoms with van der Waals surface area (Å²) in [7, 11) is 0. The van der Waals surface area contributed by atoms with Crippen molar-refractivity contribution in [1.29, 1.82) is 0 Å². The van der Waals surface area contributed by atoms with Gasteiger partial charge in [0.25, 0.3) is 0 Å². The van der Waals surface area contributed by atoms with Crippen LogP contribution in [-0.4, -0.2) is 34.5 Å². The Labute approximate surface area is 149 Å². The molecule has 25 heavy (non-hydrogen) atoms. The number of aliphatic hydroxyl groups is 2. The lowest BCUT2D eigenvalue weighted by Gasteiger charge is -2.58. The molecule has 136 valence electrons. The van der Waals surface area contributed by atoms with E-state index in [0.29, 0.717) is 18.3 Å². The summed E-state index contributed by atoms with van der Waals surface area (Å²) in [6.45, 7) is 3.92. The van der Waals surface area contributed by atoms with Gasteiger partial charge in [0.2, 0.25) is 0 Å². The molecule has 7 atom stereocenters. The van der Waals surface area contributed by atoms with Gasteiger partial charge >= 0.3 is 0 Å². The second-order valence-corrected chi connectivity index (χ2v) is 9.05. The van der Waals surface area contributed by atoms with E-state index < -0.39 is 12.7 Å². The average Bonchev–Trinajstić information content (AvgIpc) is 2.91. The fraction of sp³-hybridized carbons (Fsp3) is 0.714. The van der Waals surface area contributed by atoms with Crippen LogP contribution in [0.15, 0.2) is 23.8 Å². The van der Waals surface area contributed by atoms with E-state index in [4.69, 9.17) is 0 Å². The Balaban J connectivity index is 1.71. The molecule has 0 aromatic rings. The normalized spacial score (nSPS) is 48.4. The Bertz CT molecular complexity index is 677. The smallest absolute Gasteiger partial charge is 0.178 e. The van der Waals surface area contributed by atoms with Gasteiger partial charge in [-0.15, -0.1) is 0 Å². The molecule has 0 bridgehead atoms. The second kappa shape index (κ2) is 5.62. The lowest BCUT2D eigenvalue weighted by Crippen LogP contribution is -2.56. The van der Waals surface area contributed by atoms with E-state index in [2.05, 4.69) is 13.8 Å². The Kier molecular flexibility index (Phi) is 3.86. The summed E-state index contributed by atoms with van der Waals surface area (Å²) in [6.07, 6.45) is 9.25. The van der Waals surface area contributed by atoms with Crippen LogP contribution in [0.3, 0.4) is 0 Å². The molecule has 0 aromatic heterocycles. The van der Waals surface area contributed by atoms with Crippen molar-refractivity contribution in [1.82, 2.24) is 0 Å². The van der Waals surface area contributed by atoms with Crippen molar-refractivity contribution in [3.05, 3.63) is 23.8 Å². The Morgan fingerprint density at radius 1 is 1.28 bits per heavy atom. The first-order valence-corrected chi connectivity index (χ1v) is 9.57. The molecular weight excluding hydrogens is 316 g/mol. The molecule has 2 N–H and O–H groups in total. The van der Waals surface area contributed by atoms with Gasteiger partial charge in [0, 0.05) is 17.3 Å². The molecule has 0 unspecified atom stereocenters. The molecule has 0 spiro atoms. The minimum absolute atomic E-state index is 0.0514. The van der Waals surface area contributed by atoms with E-state index in [1.165, 1.54) is 0 Å². The van der Waals surface area contributed by atoms with Crippen LogP contribution in [0.5, 0.6) is 0 Å². The molecule has 0 amide bonds. The summed E-state index contributed by atoms with van der Waals surface area (Å²) < 4.78 is 0. The number of aliphatic hydroxyl groups excluding tert-OH is 2. The maximum absolute atomic E-state index is 12.3. The zero-order chi connectivity index (χ0) is 18.0. The Morgan fingerprint density at radius 2 is 2.04 bits per heavy atom. The van der Waals surface area contributed by atoms with Gasteiger partial charge in [-0.2, -0.15) is 0 Å². The second-order valence-electron chi connectivity index (χ2n) is 9.05. The van der Waals surface area contributed by atoms with Gasteiger partial charge in [-0.3, -0.25) is 9.59 Å². The van der Waals surface area contributed by atoms with Gasteiger partial charge in [0.05, 0.1) is 6.10 Å². The molecule has 4 aliphatic rings. The summed E-state index contributed by atoms with van der Waals surface area (Å²) >= 11 is 0. The molecule has 0 aliphatic heterocycles. The number of fused-ring (bicyclic) bond motifs is 5. The summed E-state index contributed by atoms with van der Waals surface area (Å²) in [5.74, 6) is 0.734. The first-order valence-electron chi connectivity index (χ1n) is 9.57. The Morgan fingerprint density at radius 3 is 2.76 bits per heavy atom. The minimum Gasteiger partial charge on any atom is -0.393 e. The molecule has 3 fully saturated rings. The van der Waals surface area contributed by atoms with Crippen LogP contribution in [0.2, 0.25) is 0 Å². The number of hydrogen-bond donors (Lipinski definition) is 2. The van der Waals surface area contributed by atoms with E-state index in [1.54, 1.807) is 12.2 Å². The van der Waals surface area contributed by atoms with Gasteiger partial charge in [0.15, 0.2) is 11.6 Å². The SMILES string of the molecule is C[C@]12C[C@H](O)[C@H]3[C@H](CCC4=CC(=O)C=C[C@]43C)[C@@H]1CC[C@@H]2C(=O)CO. The predicted octanol–water partition coefficient (Wildman–Crippen LogP) is 2.44. The molecule has 4 heteroatoms. The fourth-order valence-corrected chi connectivity index (χ4v) is 6.96. The molecule has 4 rings (SSSR count). The third-order valence-corrected chi connectivity index (χ3v) is 8.04. The van der Waals surface area contributed by atoms with Crippen molar-refractivity contribution in [3.63, 3.8) is 0 Å². The summed E-state index contributed by atoms with van der Waals surface area (Å²) in [5, 5.41) is 20.5. The van der Waals surface area contributed by atoms with E-state index in [1.807, 2.05) is 6.08 Å². The minimum atomic E-state index is -0.482. The van der Waals surface area contributed by atoms with E-state index in [9.17, 15) is 19.8 Å². The molecule has 3 saturated carbocycles.